The first-order valence-corrected chi connectivity index (χ1v) is 8.77. The lowest BCUT2D eigenvalue weighted by Crippen LogP contribution is -2.37. The molecule has 0 spiro atoms. The number of nitrogens with zero attached hydrogens (tertiary/aromatic N) is 1. The van der Waals surface area contributed by atoms with Crippen molar-refractivity contribution < 1.29 is 13.2 Å². The molecule has 0 aliphatic heterocycles. The molecule has 0 saturated heterocycles. The predicted octanol–water partition coefficient (Wildman–Crippen LogP) is 3.31. The molecule has 0 N–H and O–H groups in total. The standard InChI is InChI=1S/C16H27NO3S/c1-12(2)10-17(11-13(3)4)21(18,19)15-7-8-16(20-6)14(5)9-15/h7-9,12-13H,10-11H2,1-6H3. The molecule has 5 heteroatoms. The molecule has 0 saturated carbocycles. The van der Waals surface area contributed by atoms with Gasteiger partial charge in [0.2, 0.25) is 10.0 Å². The zero-order valence-electron chi connectivity index (χ0n) is 13.9. The van der Waals surface area contributed by atoms with Crippen molar-refractivity contribution in [3.05, 3.63) is 23.8 Å². The third kappa shape index (κ3) is 4.71. The minimum Gasteiger partial charge on any atom is -0.496 e. The van der Waals surface area contributed by atoms with Crippen molar-refractivity contribution in [2.24, 2.45) is 11.8 Å². The normalized spacial score (nSPS) is 12.4. The Hall–Kier alpha value is -1.07. The van der Waals surface area contributed by atoms with Crippen molar-refractivity contribution in [2.45, 2.75) is 39.5 Å². The van der Waals surface area contributed by atoms with Crippen LogP contribution < -0.4 is 4.74 Å². The van der Waals surface area contributed by atoms with Crippen LogP contribution in [0.25, 0.3) is 0 Å². The van der Waals surface area contributed by atoms with E-state index >= 15 is 0 Å². The summed E-state index contributed by atoms with van der Waals surface area (Å²) in [4.78, 5) is 0.335. The molecule has 0 bridgehead atoms. The molecule has 1 aromatic rings. The van der Waals surface area contributed by atoms with Crippen LogP contribution >= 0.6 is 0 Å². The summed E-state index contributed by atoms with van der Waals surface area (Å²) in [7, 11) is -1.88. The van der Waals surface area contributed by atoms with Gasteiger partial charge in [0.05, 0.1) is 12.0 Å². The average molecular weight is 313 g/mol. The van der Waals surface area contributed by atoms with E-state index in [1.165, 1.54) is 0 Å². The van der Waals surface area contributed by atoms with Crippen LogP contribution in [0.2, 0.25) is 0 Å². The first kappa shape index (κ1) is 18.0. The SMILES string of the molecule is COc1ccc(S(=O)(=O)N(CC(C)C)CC(C)C)cc1C. The molecule has 21 heavy (non-hydrogen) atoms. The first-order valence-electron chi connectivity index (χ1n) is 7.33. The summed E-state index contributed by atoms with van der Waals surface area (Å²) in [5.74, 6) is 1.28. The molecule has 120 valence electrons. The third-order valence-corrected chi connectivity index (χ3v) is 4.97. The van der Waals surface area contributed by atoms with Crippen molar-refractivity contribution in [3.8, 4) is 5.75 Å². The Labute approximate surface area is 129 Å². The largest absolute Gasteiger partial charge is 0.496 e. The van der Waals surface area contributed by atoms with Crippen LogP contribution in [0.4, 0.5) is 0 Å². The highest BCUT2D eigenvalue weighted by Crippen LogP contribution is 2.24. The van der Waals surface area contributed by atoms with Gasteiger partial charge in [0.1, 0.15) is 5.75 Å². The number of hydrogen-bond donors (Lipinski definition) is 0. The minimum absolute atomic E-state index is 0.290. The van der Waals surface area contributed by atoms with Gasteiger partial charge in [0.15, 0.2) is 0 Å². The second-order valence-electron chi connectivity index (χ2n) is 6.24. The summed E-state index contributed by atoms with van der Waals surface area (Å²) in [6, 6.07) is 5.02. The van der Waals surface area contributed by atoms with Crippen molar-refractivity contribution in [1.82, 2.24) is 4.31 Å². The van der Waals surface area contributed by atoms with Gasteiger partial charge >= 0.3 is 0 Å². The van der Waals surface area contributed by atoms with E-state index in [-0.39, 0.29) is 11.8 Å². The third-order valence-electron chi connectivity index (χ3n) is 3.14. The summed E-state index contributed by atoms with van der Waals surface area (Å²) in [5, 5.41) is 0. The van der Waals surface area contributed by atoms with Crippen LogP contribution in [0.5, 0.6) is 5.75 Å². The van der Waals surface area contributed by atoms with E-state index in [2.05, 4.69) is 0 Å². The van der Waals surface area contributed by atoms with Crippen LogP contribution in [0.15, 0.2) is 23.1 Å². The molecule has 0 aromatic heterocycles. The van der Waals surface area contributed by atoms with Crippen molar-refractivity contribution in [3.63, 3.8) is 0 Å². The number of ether oxygens (including phenoxy) is 1. The van der Waals surface area contributed by atoms with E-state index in [0.717, 1.165) is 5.56 Å². The van der Waals surface area contributed by atoms with Gasteiger partial charge in [-0.2, -0.15) is 4.31 Å². The lowest BCUT2D eigenvalue weighted by atomic mass is 10.2. The van der Waals surface area contributed by atoms with Gasteiger partial charge < -0.3 is 4.74 Å². The van der Waals surface area contributed by atoms with Crippen molar-refractivity contribution >= 4 is 10.0 Å². The Morgan fingerprint density at radius 3 is 2.00 bits per heavy atom. The summed E-state index contributed by atoms with van der Waals surface area (Å²) in [5.41, 5.74) is 0.826. The summed E-state index contributed by atoms with van der Waals surface area (Å²) >= 11 is 0. The number of benzene rings is 1. The highest BCUT2D eigenvalue weighted by atomic mass is 32.2. The Balaban J connectivity index is 3.18. The van der Waals surface area contributed by atoms with E-state index < -0.39 is 10.0 Å². The molecule has 0 aliphatic rings. The van der Waals surface area contributed by atoms with Gasteiger partial charge in [0, 0.05) is 13.1 Å². The molecule has 4 nitrogen and oxygen atoms in total. The van der Waals surface area contributed by atoms with Crippen molar-refractivity contribution in [2.75, 3.05) is 20.2 Å². The fourth-order valence-electron chi connectivity index (χ4n) is 2.25. The number of rotatable bonds is 7. The number of aryl methyl sites for hydroxylation is 1. The van der Waals surface area contributed by atoms with Crippen molar-refractivity contribution in [1.29, 1.82) is 0 Å². The van der Waals surface area contributed by atoms with E-state index in [4.69, 9.17) is 4.74 Å². The van der Waals surface area contributed by atoms with Gasteiger partial charge in [-0.3, -0.25) is 0 Å². The lowest BCUT2D eigenvalue weighted by Gasteiger charge is -2.26. The molecule has 0 atom stereocenters. The molecule has 0 heterocycles. The van der Waals surface area contributed by atoms with E-state index in [1.807, 2.05) is 34.6 Å². The van der Waals surface area contributed by atoms with Gasteiger partial charge in [0.25, 0.3) is 0 Å². The maximum Gasteiger partial charge on any atom is 0.243 e. The fraction of sp³-hybridized carbons (Fsp3) is 0.625. The van der Waals surface area contributed by atoms with Crippen LogP contribution in [-0.2, 0) is 10.0 Å². The predicted molar refractivity (Wildman–Crippen MR) is 86.2 cm³/mol. The Kier molecular flexibility index (Phi) is 6.23. The Morgan fingerprint density at radius 1 is 1.10 bits per heavy atom. The number of hydrogen-bond acceptors (Lipinski definition) is 3. The molecule has 1 aromatic carbocycles. The first-order chi connectivity index (χ1) is 9.68. The molecule has 0 unspecified atom stereocenters. The second-order valence-corrected chi connectivity index (χ2v) is 8.18. The molecular weight excluding hydrogens is 286 g/mol. The molecular formula is C16H27NO3S. The monoisotopic (exact) mass is 313 g/mol. The van der Waals surface area contributed by atoms with Gasteiger partial charge in [-0.1, -0.05) is 27.7 Å². The molecule has 0 aliphatic carbocycles. The summed E-state index contributed by atoms with van der Waals surface area (Å²) in [6.07, 6.45) is 0. The average Bonchev–Trinajstić information content (AvgIpc) is 2.36. The van der Waals surface area contributed by atoms with Gasteiger partial charge in [-0.25, -0.2) is 8.42 Å². The van der Waals surface area contributed by atoms with Crippen LogP contribution in [0.1, 0.15) is 33.3 Å². The quantitative estimate of drug-likeness (QED) is 0.776. The molecule has 0 fully saturated rings. The Morgan fingerprint density at radius 2 is 1.62 bits per heavy atom. The number of sulfonamides is 1. The highest BCUT2D eigenvalue weighted by molar-refractivity contribution is 7.89. The molecule has 0 radical (unpaired) electrons. The van der Waals surface area contributed by atoms with Crippen LogP contribution in [0, 0.1) is 18.8 Å². The summed E-state index contributed by atoms with van der Waals surface area (Å²) in [6.45, 7) is 11.0. The number of methoxy groups -OCH3 is 1. The summed E-state index contributed by atoms with van der Waals surface area (Å²) < 4.78 is 32.5. The zero-order chi connectivity index (χ0) is 16.2. The topological polar surface area (TPSA) is 46.6 Å². The second kappa shape index (κ2) is 7.27. The van der Waals surface area contributed by atoms with Gasteiger partial charge in [-0.05, 0) is 42.5 Å². The van der Waals surface area contributed by atoms with Gasteiger partial charge in [-0.15, -0.1) is 0 Å². The lowest BCUT2D eigenvalue weighted by molar-refractivity contribution is 0.333. The van der Waals surface area contributed by atoms with Crippen LogP contribution in [-0.4, -0.2) is 32.9 Å². The minimum atomic E-state index is -3.46. The van der Waals surface area contributed by atoms with E-state index in [0.29, 0.717) is 23.7 Å². The zero-order valence-corrected chi connectivity index (χ0v) is 14.7. The molecule has 0 amide bonds. The maximum atomic E-state index is 12.8. The fourth-order valence-corrected chi connectivity index (χ4v) is 4.10. The highest BCUT2D eigenvalue weighted by Gasteiger charge is 2.26. The van der Waals surface area contributed by atoms with Crippen LogP contribution in [0.3, 0.4) is 0 Å². The van der Waals surface area contributed by atoms with E-state index in [9.17, 15) is 8.42 Å². The molecule has 1 rings (SSSR count). The smallest absolute Gasteiger partial charge is 0.243 e. The van der Waals surface area contributed by atoms with E-state index in [1.54, 1.807) is 29.6 Å². The Bertz CT molecular complexity index is 555. The maximum absolute atomic E-state index is 12.8.